The first-order valence-electron chi connectivity index (χ1n) is 6.05. The minimum atomic E-state index is -3.42. The van der Waals surface area contributed by atoms with Gasteiger partial charge in [-0.15, -0.1) is 0 Å². The number of aromatic nitrogens is 2. The zero-order valence-electron chi connectivity index (χ0n) is 10.3. The molecule has 0 saturated heterocycles. The first-order valence-corrected chi connectivity index (χ1v) is 7.53. The summed E-state index contributed by atoms with van der Waals surface area (Å²) in [6, 6.07) is 0. The van der Waals surface area contributed by atoms with Crippen molar-refractivity contribution in [3.05, 3.63) is 12.0 Å². The minimum absolute atomic E-state index is 0.168. The van der Waals surface area contributed by atoms with Gasteiger partial charge in [0, 0.05) is 13.0 Å². The number of hydrogen-bond acceptors (Lipinski definition) is 3. The number of imidazole rings is 1. The summed E-state index contributed by atoms with van der Waals surface area (Å²) in [5.41, 5.74) is 0.209. The minimum Gasteiger partial charge on any atom is -0.332 e. The lowest BCUT2D eigenvalue weighted by Gasteiger charge is -2.12. The Balaban J connectivity index is 2.03. The summed E-state index contributed by atoms with van der Waals surface area (Å²) in [4.78, 5) is 6.82. The van der Waals surface area contributed by atoms with Crippen molar-refractivity contribution in [1.82, 2.24) is 14.7 Å². The molecule has 1 aromatic rings. The van der Waals surface area contributed by atoms with Gasteiger partial charge in [-0.05, 0) is 24.7 Å². The van der Waals surface area contributed by atoms with Gasteiger partial charge in [0.25, 0.3) is 10.0 Å². The number of aryl methyl sites for hydroxylation is 1. The number of H-pyrrole nitrogens is 1. The predicted molar refractivity (Wildman–Crippen MR) is 65.1 cm³/mol. The van der Waals surface area contributed by atoms with E-state index in [0.717, 1.165) is 19.3 Å². The Kier molecular flexibility index (Phi) is 3.27. The van der Waals surface area contributed by atoms with E-state index < -0.39 is 10.0 Å². The van der Waals surface area contributed by atoms with Gasteiger partial charge < -0.3 is 4.98 Å². The highest BCUT2D eigenvalue weighted by Gasteiger charge is 2.41. The van der Waals surface area contributed by atoms with E-state index >= 15 is 0 Å². The Morgan fingerprint density at radius 3 is 2.65 bits per heavy atom. The van der Waals surface area contributed by atoms with E-state index in [1.54, 1.807) is 0 Å². The van der Waals surface area contributed by atoms with Gasteiger partial charge in [0.2, 0.25) is 0 Å². The largest absolute Gasteiger partial charge is 0.332 e. The molecule has 0 unspecified atom stereocenters. The van der Waals surface area contributed by atoms with Crippen molar-refractivity contribution in [2.45, 2.75) is 44.6 Å². The van der Waals surface area contributed by atoms with Gasteiger partial charge in [-0.1, -0.05) is 13.8 Å². The molecule has 2 rings (SSSR count). The van der Waals surface area contributed by atoms with Gasteiger partial charge in [0.05, 0.1) is 6.20 Å². The molecule has 0 amide bonds. The van der Waals surface area contributed by atoms with Crippen LogP contribution in [0, 0.1) is 5.41 Å². The zero-order valence-corrected chi connectivity index (χ0v) is 11.1. The van der Waals surface area contributed by atoms with Crippen molar-refractivity contribution >= 4 is 10.0 Å². The third-order valence-corrected chi connectivity index (χ3v) is 4.88. The van der Waals surface area contributed by atoms with Crippen LogP contribution >= 0.6 is 0 Å². The van der Waals surface area contributed by atoms with E-state index in [1.807, 2.05) is 6.92 Å². The summed E-state index contributed by atoms with van der Waals surface area (Å²) >= 11 is 0. The van der Waals surface area contributed by atoms with Crippen molar-refractivity contribution in [1.29, 1.82) is 0 Å². The fraction of sp³-hybridized carbons (Fsp3) is 0.727. The molecule has 1 aromatic heterocycles. The van der Waals surface area contributed by atoms with Crippen LogP contribution in [-0.4, -0.2) is 24.9 Å². The highest BCUT2D eigenvalue weighted by Crippen LogP contribution is 2.48. The van der Waals surface area contributed by atoms with Crippen LogP contribution in [0.4, 0.5) is 0 Å². The normalized spacial score (nSPS) is 18.2. The van der Waals surface area contributed by atoms with E-state index in [0.29, 0.717) is 18.8 Å². The highest BCUT2D eigenvalue weighted by atomic mass is 32.2. The van der Waals surface area contributed by atoms with Crippen LogP contribution in [0.3, 0.4) is 0 Å². The Morgan fingerprint density at radius 2 is 2.18 bits per heavy atom. The van der Waals surface area contributed by atoms with Crippen molar-refractivity contribution < 1.29 is 8.42 Å². The van der Waals surface area contributed by atoms with Crippen molar-refractivity contribution in [3.63, 3.8) is 0 Å². The van der Waals surface area contributed by atoms with Gasteiger partial charge in [-0.3, -0.25) is 0 Å². The summed E-state index contributed by atoms with van der Waals surface area (Å²) in [5, 5.41) is 0.168. The number of nitrogens with one attached hydrogen (secondary N) is 2. The summed E-state index contributed by atoms with van der Waals surface area (Å²) in [6.45, 7) is 4.57. The number of hydrogen-bond donors (Lipinski definition) is 2. The maximum absolute atomic E-state index is 12.0. The van der Waals surface area contributed by atoms with Gasteiger partial charge in [-0.25, -0.2) is 18.1 Å². The molecule has 0 spiro atoms. The maximum Gasteiger partial charge on any atom is 0.257 e. The molecule has 1 aliphatic rings. The molecule has 1 aliphatic carbocycles. The fourth-order valence-corrected chi connectivity index (χ4v) is 2.91. The molecule has 17 heavy (non-hydrogen) atoms. The Morgan fingerprint density at radius 1 is 1.47 bits per heavy atom. The molecule has 2 N–H and O–H groups in total. The molecule has 6 heteroatoms. The lowest BCUT2D eigenvalue weighted by molar-refractivity contribution is 0.475. The van der Waals surface area contributed by atoms with E-state index in [4.69, 9.17) is 0 Å². The first-order chi connectivity index (χ1) is 8.01. The van der Waals surface area contributed by atoms with Gasteiger partial charge in [-0.2, -0.15) is 0 Å². The van der Waals surface area contributed by atoms with Gasteiger partial charge >= 0.3 is 0 Å². The maximum atomic E-state index is 12.0. The summed E-state index contributed by atoms with van der Waals surface area (Å²) < 4.78 is 26.6. The van der Waals surface area contributed by atoms with E-state index in [2.05, 4.69) is 21.6 Å². The molecule has 0 aromatic carbocycles. The predicted octanol–water partition coefficient (Wildman–Crippen LogP) is 1.44. The van der Waals surface area contributed by atoms with Crippen LogP contribution < -0.4 is 4.72 Å². The highest BCUT2D eigenvalue weighted by molar-refractivity contribution is 7.89. The third-order valence-electron chi connectivity index (χ3n) is 3.57. The molecule has 0 radical (unpaired) electrons. The van der Waals surface area contributed by atoms with Gasteiger partial charge in [0.1, 0.15) is 5.82 Å². The number of nitrogens with zero attached hydrogens (tertiary/aromatic N) is 1. The summed E-state index contributed by atoms with van der Waals surface area (Å²) in [5.74, 6) is 0.696. The monoisotopic (exact) mass is 257 g/mol. The molecular formula is C11H19N3O2S. The molecular weight excluding hydrogens is 238 g/mol. The van der Waals surface area contributed by atoms with Crippen LogP contribution in [0.15, 0.2) is 11.2 Å². The molecule has 1 heterocycles. The average molecular weight is 257 g/mol. The summed E-state index contributed by atoms with van der Waals surface area (Å²) in [7, 11) is -3.42. The Labute approximate surface area is 102 Å². The second-order valence-corrected chi connectivity index (χ2v) is 6.46. The molecule has 96 valence electrons. The first kappa shape index (κ1) is 12.6. The zero-order chi connectivity index (χ0) is 12.5. The molecule has 5 nitrogen and oxygen atoms in total. The summed E-state index contributed by atoms with van der Waals surface area (Å²) in [6.07, 6.45) is 5.35. The van der Waals surface area contributed by atoms with Crippen LogP contribution in [-0.2, 0) is 16.4 Å². The van der Waals surface area contributed by atoms with Crippen LogP contribution in [0.2, 0.25) is 0 Å². The van der Waals surface area contributed by atoms with Crippen molar-refractivity contribution in [3.8, 4) is 0 Å². The van der Waals surface area contributed by atoms with Crippen LogP contribution in [0.5, 0.6) is 0 Å². The number of rotatable bonds is 6. The van der Waals surface area contributed by atoms with Crippen LogP contribution in [0.25, 0.3) is 0 Å². The Hall–Kier alpha value is -0.880. The quantitative estimate of drug-likeness (QED) is 0.809. The van der Waals surface area contributed by atoms with Crippen molar-refractivity contribution in [2.75, 3.05) is 6.54 Å². The third kappa shape index (κ3) is 2.69. The van der Waals surface area contributed by atoms with E-state index in [-0.39, 0.29) is 10.4 Å². The molecule has 1 saturated carbocycles. The molecule has 0 atom stereocenters. The van der Waals surface area contributed by atoms with E-state index in [1.165, 1.54) is 6.20 Å². The van der Waals surface area contributed by atoms with Gasteiger partial charge in [0.15, 0.2) is 5.03 Å². The second kappa shape index (κ2) is 4.42. The topological polar surface area (TPSA) is 74.8 Å². The number of sulfonamides is 1. The average Bonchev–Trinajstić information content (AvgIpc) is 2.94. The van der Waals surface area contributed by atoms with Crippen molar-refractivity contribution in [2.24, 2.45) is 5.41 Å². The molecule has 0 aliphatic heterocycles. The standard InChI is InChI=1S/C11H19N3O2S/c1-3-9-12-7-10(14-9)17(15,16)13-8-11(4-2)5-6-11/h7,13H,3-6,8H2,1-2H3,(H,12,14). The lowest BCUT2D eigenvalue weighted by Crippen LogP contribution is -2.30. The fourth-order valence-electron chi connectivity index (χ4n) is 1.82. The smallest absolute Gasteiger partial charge is 0.257 e. The van der Waals surface area contributed by atoms with Crippen LogP contribution in [0.1, 0.15) is 38.9 Å². The lowest BCUT2D eigenvalue weighted by atomic mass is 10.1. The van der Waals surface area contributed by atoms with E-state index in [9.17, 15) is 8.42 Å². The SMILES string of the molecule is CCc1ncc(S(=O)(=O)NCC2(CC)CC2)[nH]1. The molecule has 1 fully saturated rings. The molecule has 0 bridgehead atoms. The Bertz CT molecular complexity index is 489. The second-order valence-electron chi connectivity index (χ2n) is 4.73. The number of aromatic amines is 1.